The number of rotatable bonds is 2. The van der Waals surface area contributed by atoms with Gasteiger partial charge in [-0.1, -0.05) is 33.6 Å². The van der Waals surface area contributed by atoms with Gasteiger partial charge >= 0.3 is 0 Å². The van der Waals surface area contributed by atoms with Crippen LogP contribution in [-0.4, -0.2) is 4.57 Å². The standard InChI is InChI=1S/C15H10BrClFN/c16-12-2-4-15-10(7-12)5-6-19(15)9-11-1-3-13(17)8-14(11)18/h1-8H,9H2. The summed E-state index contributed by atoms with van der Waals surface area (Å²) in [6.45, 7) is 0.494. The molecule has 0 bridgehead atoms. The van der Waals surface area contributed by atoms with E-state index < -0.39 is 0 Å². The van der Waals surface area contributed by atoms with Crippen molar-refractivity contribution in [3.63, 3.8) is 0 Å². The molecule has 0 spiro atoms. The zero-order valence-electron chi connectivity index (χ0n) is 9.91. The van der Waals surface area contributed by atoms with Crippen molar-refractivity contribution in [2.24, 2.45) is 0 Å². The number of halogens is 3. The molecule has 0 saturated carbocycles. The monoisotopic (exact) mass is 337 g/mol. The third-order valence-corrected chi connectivity index (χ3v) is 3.82. The van der Waals surface area contributed by atoms with E-state index in [0.717, 1.165) is 15.4 Å². The van der Waals surface area contributed by atoms with Gasteiger partial charge in [-0.2, -0.15) is 0 Å². The predicted molar refractivity (Wildman–Crippen MR) is 80.2 cm³/mol. The van der Waals surface area contributed by atoms with E-state index in [1.807, 2.05) is 35.0 Å². The molecule has 4 heteroatoms. The van der Waals surface area contributed by atoms with Gasteiger partial charge in [-0.3, -0.25) is 0 Å². The number of benzene rings is 2. The molecule has 2 aromatic carbocycles. The van der Waals surface area contributed by atoms with E-state index in [4.69, 9.17) is 11.6 Å². The molecule has 1 nitrogen and oxygen atoms in total. The molecule has 0 aliphatic heterocycles. The second-order valence-corrected chi connectivity index (χ2v) is 5.73. The maximum atomic E-state index is 13.8. The summed E-state index contributed by atoms with van der Waals surface area (Å²) in [5.41, 5.74) is 1.71. The number of hydrogen-bond donors (Lipinski definition) is 0. The third-order valence-electron chi connectivity index (χ3n) is 3.09. The van der Waals surface area contributed by atoms with Crippen LogP contribution in [-0.2, 0) is 6.54 Å². The third kappa shape index (κ3) is 2.53. The van der Waals surface area contributed by atoms with Gasteiger partial charge in [-0.15, -0.1) is 0 Å². The highest BCUT2D eigenvalue weighted by Gasteiger charge is 2.06. The molecule has 3 rings (SSSR count). The van der Waals surface area contributed by atoms with Crippen LogP contribution in [0.5, 0.6) is 0 Å². The van der Waals surface area contributed by atoms with Crippen molar-refractivity contribution in [3.8, 4) is 0 Å². The Morgan fingerprint density at radius 1 is 1.11 bits per heavy atom. The largest absolute Gasteiger partial charge is 0.343 e. The Kier molecular flexibility index (Phi) is 3.33. The Balaban J connectivity index is 2.01. The molecule has 0 atom stereocenters. The zero-order chi connectivity index (χ0) is 13.4. The molecule has 1 aromatic heterocycles. The molecule has 0 unspecified atom stereocenters. The molecule has 0 radical (unpaired) electrons. The Bertz CT molecular complexity index is 751. The Hall–Kier alpha value is -1.32. The summed E-state index contributed by atoms with van der Waals surface area (Å²) in [5.74, 6) is -0.272. The number of nitrogens with zero attached hydrogens (tertiary/aromatic N) is 1. The lowest BCUT2D eigenvalue weighted by Gasteiger charge is -2.07. The van der Waals surface area contributed by atoms with Crippen molar-refractivity contribution in [2.75, 3.05) is 0 Å². The van der Waals surface area contributed by atoms with Gasteiger partial charge in [0.05, 0.1) is 6.54 Å². The minimum atomic E-state index is -0.272. The van der Waals surface area contributed by atoms with Crippen molar-refractivity contribution < 1.29 is 4.39 Å². The van der Waals surface area contributed by atoms with Gasteiger partial charge in [0.25, 0.3) is 0 Å². The van der Waals surface area contributed by atoms with Gasteiger partial charge in [-0.05, 0) is 36.4 Å². The van der Waals surface area contributed by atoms with Crippen molar-refractivity contribution >= 4 is 38.4 Å². The fourth-order valence-corrected chi connectivity index (χ4v) is 2.68. The van der Waals surface area contributed by atoms with Gasteiger partial charge in [0.1, 0.15) is 5.82 Å². The SMILES string of the molecule is Fc1cc(Cl)ccc1Cn1ccc2cc(Br)ccc21. The van der Waals surface area contributed by atoms with Crippen LogP contribution in [0.4, 0.5) is 4.39 Å². The molecule has 19 heavy (non-hydrogen) atoms. The summed E-state index contributed by atoms with van der Waals surface area (Å²) in [4.78, 5) is 0. The maximum Gasteiger partial charge on any atom is 0.129 e. The number of hydrogen-bond acceptors (Lipinski definition) is 0. The van der Waals surface area contributed by atoms with E-state index in [9.17, 15) is 4.39 Å². The van der Waals surface area contributed by atoms with E-state index in [2.05, 4.69) is 15.9 Å². The fraction of sp³-hybridized carbons (Fsp3) is 0.0667. The first-order valence-corrected chi connectivity index (χ1v) is 6.99. The van der Waals surface area contributed by atoms with Crippen LogP contribution in [0.15, 0.2) is 53.1 Å². The molecule has 0 N–H and O–H groups in total. The first-order chi connectivity index (χ1) is 9.13. The van der Waals surface area contributed by atoms with E-state index in [1.165, 1.54) is 6.07 Å². The lowest BCUT2D eigenvalue weighted by atomic mass is 10.2. The molecule has 1 heterocycles. The summed E-state index contributed by atoms with van der Waals surface area (Å²) in [6, 6.07) is 12.9. The van der Waals surface area contributed by atoms with Gasteiger partial charge < -0.3 is 4.57 Å². The highest BCUT2D eigenvalue weighted by molar-refractivity contribution is 9.10. The summed E-state index contributed by atoms with van der Waals surface area (Å²) in [5, 5.41) is 1.55. The molecule has 0 aliphatic rings. The minimum absolute atomic E-state index is 0.272. The fourth-order valence-electron chi connectivity index (χ4n) is 2.14. The molecule has 0 aliphatic carbocycles. The molecule has 3 aromatic rings. The molecule has 0 fully saturated rings. The average molecular weight is 339 g/mol. The molecule has 0 saturated heterocycles. The summed E-state index contributed by atoms with van der Waals surface area (Å²) in [6.07, 6.45) is 1.96. The summed E-state index contributed by atoms with van der Waals surface area (Å²) in [7, 11) is 0. The van der Waals surface area contributed by atoms with Gasteiger partial charge in [0, 0.05) is 32.2 Å². The normalized spacial score (nSPS) is 11.1. The highest BCUT2D eigenvalue weighted by Crippen LogP contribution is 2.23. The lowest BCUT2D eigenvalue weighted by molar-refractivity contribution is 0.602. The Labute approximate surface area is 123 Å². The molecular weight excluding hydrogens is 329 g/mol. The van der Waals surface area contributed by atoms with E-state index in [0.29, 0.717) is 17.1 Å². The van der Waals surface area contributed by atoms with Crippen LogP contribution in [0.2, 0.25) is 5.02 Å². The molecule has 0 amide bonds. The number of aromatic nitrogens is 1. The quantitative estimate of drug-likeness (QED) is 0.602. The van der Waals surface area contributed by atoms with Crippen LogP contribution in [0.25, 0.3) is 10.9 Å². The smallest absolute Gasteiger partial charge is 0.129 e. The van der Waals surface area contributed by atoms with Gasteiger partial charge in [-0.25, -0.2) is 4.39 Å². The van der Waals surface area contributed by atoms with Crippen molar-refractivity contribution in [3.05, 3.63) is 69.5 Å². The van der Waals surface area contributed by atoms with Crippen molar-refractivity contribution in [1.29, 1.82) is 0 Å². The average Bonchev–Trinajstić information content (AvgIpc) is 2.75. The van der Waals surface area contributed by atoms with Crippen LogP contribution in [0, 0.1) is 5.82 Å². The Morgan fingerprint density at radius 2 is 1.95 bits per heavy atom. The van der Waals surface area contributed by atoms with Crippen LogP contribution in [0.1, 0.15) is 5.56 Å². The number of fused-ring (bicyclic) bond motifs is 1. The van der Waals surface area contributed by atoms with Crippen LogP contribution < -0.4 is 0 Å². The predicted octanol–water partition coefficient (Wildman–Crippen LogP) is 5.24. The first kappa shape index (κ1) is 12.7. The highest BCUT2D eigenvalue weighted by atomic mass is 79.9. The van der Waals surface area contributed by atoms with E-state index in [1.54, 1.807) is 12.1 Å². The maximum absolute atomic E-state index is 13.8. The molecular formula is C15H10BrClFN. The molecule has 96 valence electrons. The van der Waals surface area contributed by atoms with Crippen molar-refractivity contribution in [2.45, 2.75) is 6.54 Å². The van der Waals surface area contributed by atoms with Crippen molar-refractivity contribution in [1.82, 2.24) is 4.57 Å². The lowest BCUT2D eigenvalue weighted by Crippen LogP contribution is -2.00. The second kappa shape index (κ2) is 4.99. The van der Waals surface area contributed by atoms with Gasteiger partial charge in [0.2, 0.25) is 0 Å². The zero-order valence-corrected chi connectivity index (χ0v) is 12.2. The Morgan fingerprint density at radius 3 is 2.74 bits per heavy atom. The van der Waals surface area contributed by atoms with Crippen LogP contribution in [0.3, 0.4) is 0 Å². The minimum Gasteiger partial charge on any atom is -0.343 e. The van der Waals surface area contributed by atoms with E-state index in [-0.39, 0.29) is 5.82 Å². The summed E-state index contributed by atoms with van der Waals surface area (Å²) >= 11 is 9.20. The van der Waals surface area contributed by atoms with E-state index >= 15 is 0 Å². The van der Waals surface area contributed by atoms with Crippen LogP contribution >= 0.6 is 27.5 Å². The van der Waals surface area contributed by atoms with Gasteiger partial charge in [0.15, 0.2) is 0 Å². The summed E-state index contributed by atoms with van der Waals surface area (Å²) < 4.78 is 16.9. The second-order valence-electron chi connectivity index (χ2n) is 4.38. The first-order valence-electron chi connectivity index (χ1n) is 5.82. The topological polar surface area (TPSA) is 4.93 Å².